The molecule has 0 aliphatic carbocycles. The summed E-state index contributed by atoms with van der Waals surface area (Å²) in [6.07, 6.45) is 0. The highest BCUT2D eigenvalue weighted by molar-refractivity contribution is 6.24. The normalized spacial score (nSPS) is 5.80. The van der Waals surface area contributed by atoms with Crippen molar-refractivity contribution in [2.75, 3.05) is 0 Å². The largest absolute Gasteiger partial charge is 0.444 e. The molecule has 0 aliphatic rings. The summed E-state index contributed by atoms with van der Waals surface area (Å²) in [7, 11) is 1.20. The maximum absolute atomic E-state index is 8.90. The van der Waals surface area contributed by atoms with E-state index in [1.165, 1.54) is 7.48 Å². The molecule has 0 spiro atoms. The van der Waals surface area contributed by atoms with Crippen LogP contribution in [0.3, 0.4) is 0 Å². The first-order chi connectivity index (χ1) is 2.41. The van der Waals surface area contributed by atoms with Crippen molar-refractivity contribution < 1.29 is 4.76 Å². The molecule has 0 N–H and O–H groups in total. The summed E-state index contributed by atoms with van der Waals surface area (Å²) in [6.45, 7) is 1.57. The van der Waals surface area contributed by atoms with E-state index in [2.05, 4.69) is 4.76 Å². The predicted molar refractivity (Wildman–Crippen MR) is 18.5 cm³/mol. The Bertz CT molecular complexity index is 30.8. The van der Waals surface area contributed by atoms with E-state index >= 15 is 0 Å². The Labute approximate surface area is 30.5 Å². The summed E-state index contributed by atoms with van der Waals surface area (Å²) in [5.74, 6) is 0. The summed E-state index contributed by atoms with van der Waals surface area (Å²) >= 11 is 0. The Hall–Kier alpha value is -0.535. The van der Waals surface area contributed by atoms with E-state index in [0.29, 0.717) is 0 Å². The third-order valence-electron chi connectivity index (χ3n) is 0.148. The lowest BCUT2D eigenvalue weighted by Crippen LogP contribution is -1.78. The molecule has 3 nitrogen and oxygen atoms in total. The van der Waals surface area contributed by atoms with Crippen molar-refractivity contribution in [1.29, 1.82) is 0 Å². The molecular weight excluding hydrogens is 68.8 g/mol. The molecule has 0 amide bonds. The van der Waals surface area contributed by atoms with Gasteiger partial charge in [-0.05, 0) is 6.82 Å². The number of rotatable bonds is 2. The molecule has 27 valence electrons. The van der Waals surface area contributed by atoms with Crippen LogP contribution in [0.25, 0.3) is 0 Å². The van der Waals surface area contributed by atoms with Gasteiger partial charge in [0, 0.05) is 0 Å². The van der Waals surface area contributed by atoms with E-state index < -0.39 is 0 Å². The van der Waals surface area contributed by atoms with Gasteiger partial charge in [-0.3, -0.25) is 0 Å². The molecule has 0 heterocycles. The SMILES string of the molecule is C[B]ON=O. The first kappa shape index (κ1) is 4.46. The zero-order valence-corrected chi connectivity index (χ0v) is 2.84. The molecule has 0 aromatic rings. The van der Waals surface area contributed by atoms with Gasteiger partial charge in [-0.2, -0.15) is 0 Å². The lowest BCUT2D eigenvalue weighted by Gasteiger charge is -1.73. The molecule has 0 aliphatic heterocycles. The molecule has 0 fully saturated rings. The Kier molecular flexibility index (Phi) is 3.09. The van der Waals surface area contributed by atoms with E-state index in [9.17, 15) is 0 Å². The van der Waals surface area contributed by atoms with E-state index in [-0.39, 0.29) is 0 Å². The molecule has 0 aromatic carbocycles. The van der Waals surface area contributed by atoms with Crippen LogP contribution in [0.2, 0.25) is 6.82 Å². The first-order valence-corrected chi connectivity index (χ1v) is 1.18. The highest BCUT2D eigenvalue weighted by Crippen LogP contribution is 1.61. The van der Waals surface area contributed by atoms with Gasteiger partial charge in [-0.15, -0.1) is 4.91 Å². The van der Waals surface area contributed by atoms with Crippen LogP contribution in [0.15, 0.2) is 5.34 Å². The zero-order chi connectivity index (χ0) is 4.12. The van der Waals surface area contributed by atoms with Gasteiger partial charge in [0.25, 0.3) is 0 Å². The molecule has 0 rings (SSSR count). The van der Waals surface area contributed by atoms with Crippen molar-refractivity contribution in [3.8, 4) is 0 Å². The smallest absolute Gasteiger partial charge is 0.412 e. The second kappa shape index (κ2) is 3.46. The third kappa shape index (κ3) is 3.46. The minimum absolute atomic E-state index is 1.20. The van der Waals surface area contributed by atoms with E-state index in [1.54, 1.807) is 6.82 Å². The molecule has 0 aromatic heterocycles. The van der Waals surface area contributed by atoms with E-state index in [0.717, 1.165) is 0 Å². The van der Waals surface area contributed by atoms with Gasteiger partial charge in [-0.25, -0.2) is 0 Å². The second-order valence-corrected chi connectivity index (χ2v) is 0.416. The van der Waals surface area contributed by atoms with Crippen molar-refractivity contribution in [2.45, 2.75) is 6.82 Å². The Morgan fingerprint density at radius 1 is 2.00 bits per heavy atom. The summed E-state index contributed by atoms with van der Waals surface area (Å²) in [5, 5.41) is 2.05. The van der Waals surface area contributed by atoms with Gasteiger partial charge in [-0.1, -0.05) is 0 Å². The molecule has 0 unspecified atom stereocenters. The molecule has 5 heavy (non-hydrogen) atoms. The predicted octanol–water partition coefficient (Wildman–Crippen LogP) is 0.352. The fourth-order valence-corrected chi connectivity index (χ4v) is 0.0430. The average Bonchev–Trinajstić information content (AvgIpc) is 1.41. The van der Waals surface area contributed by atoms with Crippen molar-refractivity contribution in [2.24, 2.45) is 5.34 Å². The molecule has 0 saturated carbocycles. The van der Waals surface area contributed by atoms with Crippen LogP contribution in [0.1, 0.15) is 0 Å². The standard InChI is InChI=1S/CH3BNO2/c1-2-5-3-4/h1H3. The number of hydrogen-bond donors (Lipinski definition) is 0. The Morgan fingerprint density at radius 2 is 2.60 bits per heavy atom. The van der Waals surface area contributed by atoms with Gasteiger partial charge < -0.3 is 4.76 Å². The summed E-state index contributed by atoms with van der Waals surface area (Å²) in [5.41, 5.74) is 0. The summed E-state index contributed by atoms with van der Waals surface area (Å²) in [6, 6.07) is 0. The molecule has 0 atom stereocenters. The van der Waals surface area contributed by atoms with Gasteiger partial charge in [0.05, 0.1) is 0 Å². The molecule has 1 radical (unpaired) electrons. The van der Waals surface area contributed by atoms with Gasteiger partial charge in [0.15, 0.2) is 0 Å². The molecular formula is CH3BNO2. The van der Waals surface area contributed by atoms with Gasteiger partial charge in [0.1, 0.15) is 5.34 Å². The van der Waals surface area contributed by atoms with Crippen LogP contribution >= 0.6 is 0 Å². The second-order valence-electron chi connectivity index (χ2n) is 0.416. The fourth-order valence-electron chi connectivity index (χ4n) is 0.0430. The first-order valence-electron chi connectivity index (χ1n) is 1.18. The fraction of sp³-hybridized carbons (Fsp3) is 1.00. The van der Waals surface area contributed by atoms with Crippen LogP contribution in [-0.4, -0.2) is 7.48 Å². The topological polar surface area (TPSA) is 38.7 Å². The minimum Gasteiger partial charge on any atom is -0.444 e. The Balaban J connectivity index is 2.40. The molecule has 0 bridgehead atoms. The van der Waals surface area contributed by atoms with E-state index in [1.807, 2.05) is 5.34 Å². The molecule has 0 saturated heterocycles. The molecule has 4 heteroatoms. The van der Waals surface area contributed by atoms with Crippen molar-refractivity contribution in [3.63, 3.8) is 0 Å². The lowest BCUT2D eigenvalue weighted by atomic mass is 10.1. The van der Waals surface area contributed by atoms with Gasteiger partial charge in [0.2, 0.25) is 0 Å². The highest BCUT2D eigenvalue weighted by Gasteiger charge is 1.71. The van der Waals surface area contributed by atoms with Crippen molar-refractivity contribution >= 4 is 7.48 Å². The summed E-state index contributed by atoms with van der Waals surface area (Å²) < 4.78 is 3.78. The van der Waals surface area contributed by atoms with E-state index in [4.69, 9.17) is 4.91 Å². The monoisotopic (exact) mass is 72.0 g/mol. The number of nitrogens with zero attached hydrogens (tertiary/aromatic N) is 1. The third-order valence-corrected chi connectivity index (χ3v) is 0.148. The summed E-state index contributed by atoms with van der Waals surface area (Å²) in [4.78, 5) is 8.90. The van der Waals surface area contributed by atoms with Crippen molar-refractivity contribution in [1.82, 2.24) is 0 Å². The van der Waals surface area contributed by atoms with Gasteiger partial charge >= 0.3 is 7.48 Å². The highest BCUT2D eigenvalue weighted by atomic mass is 16.7. The van der Waals surface area contributed by atoms with Crippen LogP contribution in [0, 0.1) is 4.91 Å². The zero-order valence-electron chi connectivity index (χ0n) is 2.84. The van der Waals surface area contributed by atoms with Crippen LogP contribution in [0.5, 0.6) is 0 Å². The lowest BCUT2D eigenvalue weighted by molar-refractivity contribution is 0.359. The van der Waals surface area contributed by atoms with Crippen LogP contribution < -0.4 is 0 Å². The Morgan fingerprint density at radius 3 is 2.60 bits per heavy atom. The minimum atomic E-state index is 1.20. The quantitative estimate of drug-likeness (QED) is 0.268. The maximum atomic E-state index is 8.90. The maximum Gasteiger partial charge on any atom is 0.412 e. The van der Waals surface area contributed by atoms with Crippen LogP contribution in [0.4, 0.5) is 0 Å². The number of hydrogen-bond acceptors (Lipinski definition) is 3. The van der Waals surface area contributed by atoms with Crippen molar-refractivity contribution in [3.05, 3.63) is 4.91 Å². The average molecular weight is 71.9 g/mol. The van der Waals surface area contributed by atoms with Crippen LogP contribution in [-0.2, 0) is 4.76 Å².